The van der Waals surface area contributed by atoms with Crippen molar-refractivity contribution in [3.05, 3.63) is 29.8 Å². The maximum absolute atomic E-state index is 13.1. The molecule has 1 aliphatic heterocycles. The second kappa shape index (κ2) is 7.74. The van der Waals surface area contributed by atoms with Crippen molar-refractivity contribution in [2.24, 2.45) is 0 Å². The summed E-state index contributed by atoms with van der Waals surface area (Å²) in [5.41, 5.74) is -0.530. The third kappa shape index (κ3) is 4.53. The smallest absolute Gasteiger partial charge is 0.394 e. The summed E-state index contributed by atoms with van der Waals surface area (Å²) < 4.78 is 39.3. The highest BCUT2D eigenvalue weighted by Gasteiger charge is 2.36. The molecule has 1 heterocycles. The maximum atomic E-state index is 13.1. The van der Waals surface area contributed by atoms with Gasteiger partial charge in [-0.05, 0) is 25.0 Å². The van der Waals surface area contributed by atoms with Gasteiger partial charge in [-0.25, -0.2) is 4.79 Å². The molecule has 2 amide bonds. The van der Waals surface area contributed by atoms with E-state index in [0.717, 1.165) is 6.07 Å². The van der Waals surface area contributed by atoms with Crippen LogP contribution in [0.3, 0.4) is 0 Å². The van der Waals surface area contributed by atoms with Crippen LogP contribution < -0.4 is 15.5 Å². The first-order valence-corrected chi connectivity index (χ1v) is 7.94. The van der Waals surface area contributed by atoms with E-state index in [-0.39, 0.29) is 24.4 Å². The van der Waals surface area contributed by atoms with Crippen molar-refractivity contribution in [3.63, 3.8) is 0 Å². The number of alkyl halides is 3. The number of halogens is 3. The van der Waals surface area contributed by atoms with E-state index in [9.17, 15) is 18.0 Å². The van der Waals surface area contributed by atoms with Gasteiger partial charge in [0.25, 0.3) is 0 Å². The Balaban J connectivity index is 1.98. The van der Waals surface area contributed by atoms with Gasteiger partial charge in [-0.2, -0.15) is 13.2 Å². The zero-order valence-corrected chi connectivity index (χ0v) is 13.4. The summed E-state index contributed by atoms with van der Waals surface area (Å²) in [5.74, 6) is 0. The van der Waals surface area contributed by atoms with Gasteiger partial charge in [0.15, 0.2) is 0 Å². The molecule has 2 rings (SSSR count). The number of hydrogen-bond donors (Lipinski definition) is 3. The average molecular weight is 345 g/mol. The fourth-order valence-electron chi connectivity index (χ4n) is 2.78. The normalized spacial score (nSPS) is 19.2. The number of rotatable bonds is 5. The number of anilines is 1. The highest BCUT2D eigenvalue weighted by molar-refractivity contribution is 5.74. The minimum atomic E-state index is -4.41. The summed E-state index contributed by atoms with van der Waals surface area (Å²) in [7, 11) is 0. The van der Waals surface area contributed by atoms with Crippen LogP contribution >= 0.6 is 0 Å². The van der Waals surface area contributed by atoms with Gasteiger partial charge in [-0.1, -0.05) is 19.1 Å². The number of para-hydroxylation sites is 1. The van der Waals surface area contributed by atoms with Crippen LogP contribution in [0.1, 0.15) is 25.3 Å². The second-order valence-electron chi connectivity index (χ2n) is 5.85. The Kier molecular flexibility index (Phi) is 5.93. The first kappa shape index (κ1) is 18.4. The molecule has 0 aromatic heterocycles. The van der Waals surface area contributed by atoms with Crippen LogP contribution in [-0.4, -0.2) is 42.9 Å². The monoisotopic (exact) mass is 345 g/mol. The summed E-state index contributed by atoms with van der Waals surface area (Å²) in [6.45, 7) is 2.44. The minimum absolute atomic E-state index is 0.136. The van der Waals surface area contributed by atoms with Crippen LogP contribution in [0.5, 0.6) is 0 Å². The fourth-order valence-corrected chi connectivity index (χ4v) is 2.78. The first-order chi connectivity index (χ1) is 11.3. The molecule has 1 saturated heterocycles. The molecule has 0 aliphatic carbocycles. The van der Waals surface area contributed by atoms with Crippen molar-refractivity contribution >= 4 is 11.7 Å². The Hall–Kier alpha value is -1.96. The number of carbonyl (C=O) groups excluding carboxylic acids is 1. The molecule has 0 bridgehead atoms. The van der Waals surface area contributed by atoms with E-state index in [1.807, 2.05) is 6.92 Å². The SMILES string of the molecule is CC[C@@H](CO)NC(=O)N[C@@H]1CCN(c2ccccc2C(F)(F)F)C1. The van der Waals surface area contributed by atoms with Crippen LogP contribution in [-0.2, 0) is 6.18 Å². The van der Waals surface area contributed by atoms with Crippen molar-refractivity contribution < 1.29 is 23.1 Å². The Bertz CT molecular complexity index is 562. The van der Waals surface area contributed by atoms with Gasteiger partial charge in [0, 0.05) is 24.8 Å². The van der Waals surface area contributed by atoms with E-state index in [0.29, 0.717) is 25.9 Å². The summed E-state index contributed by atoms with van der Waals surface area (Å²) in [4.78, 5) is 13.5. The summed E-state index contributed by atoms with van der Waals surface area (Å²) in [6, 6.07) is 4.49. The summed E-state index contributed by atoms with van der Waals surface area (Å²) in [5, 5.41) is 14.5. The van der Waals surface area contributed by atoms with Crippen LogP contribution in [0.25, 0.3) is 0 Å². The van der Waals surface area contributed by atoms with E-state index >= 15 is 0 Å². The Labute approximate surface area is 138 Å². The molecule has 134 valence electrons. The molecular formula is C16H22F3N3O2. The van der Waals surface area contributed by atoms with Crippen LogP contribution in [0.4, 0.5) is 23.7 Å². The molecule has 1 aliphatic rings. The van der Waals surface area contributed by atoms with E-state index in [4.69, 9.17) is 5.11 Å². The molecule has 0 unspecified atom stereocenters. The number of benzene rings is 1. The number of urea groups is 1. The molecule has 0 saturated carbocycles. The number of hydrogen-bond acceptors (Lipinski definition) is 3. The number of aliphatic hydroxyl groups is 1. The number of nitrogens with one attached hydrogen (secondary N) is 2. The Morgan fingerprint density at radius 1 is 1.42 bits per heavy atom. The van der Waals surface area contributed by atoms with Crippen LogP contribution in [0.2, 0.25) is 0 Å². The molecule has 1 fully saturated rings. The molecule has 24 heavy (non-hydrogen) atoms. The molecule has 0 radical (unpaired) electrons. The molecule has 1 aromatic carbocycles. The molecular weight excluding hydrogens is 323 g/mol. The van der Waals surface area contributed by atoms with Crippen LogP contribution in [0.15, 0.2) is 24.3 Å². The maximum Gasteiger partial charge on any atom is 0.418 e. The van der Waals surface area contributed by atoms with Gasteiger partial charge < -0.3 is 20.6 Å². The highest BCUT2D eigenvalue weighted by Crippen LogP contribution is 2.37. The number of carbonyl (C=O) groups is 1. The minimum Gasteiger partial charge on any atom is -0.394 e. The predicted molar refractivity (Wildman–Crippen MR) is 84.9 cm³/mol. The van der Waals surface area contributed by atoms with Gasteiger partial charge in [0.05, 0.1) is 18.2 Å². The third-order valence-electron chi connectivity index (χ3n) is 4.12. The lowest BCUT2D eigenvalue weighted by molar-refractivity contribution is -0.137. The first-order valence-electron chi connectivity index (χ1n) is 7.94. The van der Waals surface area contributed by atoms with Gasteiger partial charge >= 0.3 is 12.2 Å². The van der Waals surface area contributed by atoms with Gasteiger partial charge in [0.2, 0.25) is 0 Å². The lowest BCUT2D eigenvalue weighted by atomic mass is 10.1. The average Bonchev–Trinajstić information content (AvgIpc) is 3.00. The lowest BCUT2D eigenvalue weighted by Crippen LogP contribution is -2.48. The lowest BCUT2D eigenvalue weighted by Gasteiger charge is -2.23. The van der Waals surface area contributed by atoms with E-state index in [1.165, 1.54) is 12.1 Å². The van der Waals surface area contributed by atoms with E-state index in [1.54, 1.807) is 11.0 Å². The van der Waals surface area contributed by atoms with Crippen LogP contribution in [0, 0.1) is 0 Å². The summed E-state index contributed by atoms with van der Waals surface area (Å²) in [6.07, 6.45) is -3.25. The summed E-state index contributed by atoms with van der Waals surface area (Å²) >= 11 is 0. The number of amides is 2. The second-order valence-corrected chi connectivity index (χ2v) is 5.85. The zero-order chi connectivity index (χ0) is 17.7. The van der Waals surface area contributed by atoms with Gasteiger partial charge in [-0.3, -0.25) is 0 Å². The van der Waals surface area contributed by atoms with Crippen molar-refractivity contribution in [1.82, 2.24) is 10.6 Å². The standard InChI is InChI=1S/C16H22F3N3O2/c1-2-11(10-23)20-15(24)21-12-7-8-22(9-12)14-6-4-3-5-13(14)16(17,18)19/h3-6,11-12,23H,2,7-10H2,1H3,(H2,20,21,24)/t11-,12+/m0/s1. The highest BCUT2D eigenvalue weighted by atomic mass is 19.4. The molecule has 8 heteroatoms. The Morgan fingerprint density at radius 2 is 2.12 bits per heavy atom. The topological polar surface area (TPSA) is 64.6 Å². The van der Waals surface area contributed by atoms with Crippen molar-refractivity contribution in [2.45, 2.75) is 38.0 Å². The van der Waals surface area contributed by atoms with E-state index < -0.39 is 17.8 Å². The van der Waals surface area contributed by atoms with Crippen molar-refractivity contribution in [1.29, 1.82) is 0 Å². The molecule has 1 aromatic rings. The molecule has 2 atom stereocenters. The van der Waals surface area contributed by atoms with Gasteiger partial charge in [0.1, 0.15) is 0 Å². The van der Waals surface area contributed by atoms with Crippen molar-refractivity contribution in [3.8, 4) is 0 Å². The quantitative estimate of drug-likeness (QED) is 0.768. The third-order valence-corrected chi connectivity index (χ3v) is 4.12. The molecule has 5 nitrogen and oxygen atoms in total. The molecule has 3 N–H and O–H groups in total. The van der Waals surface area contributed by atoms with Crippen molar-refractivity contribution in [2.75, 3.05) is 24.6 Å². The zero-order valence-electron chi connectivity index (χ0n) is 13.4. The van der Waals surface area contributed by atoms with E-state index in [2.05, 4.69) is 10.6 Å². The predicted octanol–water partition coefficient (Wildman–Crippen LogP) is 2.35. The fraction of sp³-hybridized carbons (Fsp3) is 0.562. The largest absolute Gasteiger partial charge is 0.418 e. The Morgan fingerprint density at radius 3 is 2.75 bits per heavy atom. The number of nitrogens with zero attached hydrogens (tertiary/aromatic N) is 1. The molecule has 0 spiro atoms. The number of aliphatic hydroxyl groups excluding tert-OH is 1. The van der Waals surface area contributed by atoms with Gasteiger partial charge in [-0.15, -0.1) is 0 Å².